The molecular formula is C16H16FN5O2. The number of benzene rings is 1. The summed E-state index contributed by atoms with van der Waals surface area (Å²) in [5.41, 5.74) is 3.28. The lowest BCUT2D eigenvalue weighted by Gasteiger charge is -2.11. The molecule has 2 N–H and O–H groups in total. The van der Waals surface area contributed by atoms with Gasteiger partial charge in [0.1, 0.15) is 17.1 Å². The predicted molar refractivity (Wildman–Crippen MR) is 86.2 cm³/mol. The zero-order chi connectivity index (χ0) is 17.4. The van der Waals surface area contributed by atoms with Crippen molar-refractivity contribution in [2.75, 3.05) is 0 Å². The van der Waals surface area contributed by atoms with E-state index in [1.807, 2.05) is 14.0 Å². The summed E-state index contributed by atoms with van der Waals surface area (Å²) in [5.74, 6) is -0.790. The van der Waals surface area contributed by atoms with Crippen LogP contribution in [0, 0.1) is 19.7 Å². The fourth-order valence-corrected chi connectivity index (χ4v) is 2.71. The third-order valence-corrected chi connectivity index (χ3v) is 3.80. The van der Waals surface area contributed by atoms with Crippen LogP contribution in [-0.2, 0) is 7.05 Å². The molecule has 3 aromatic rings. The molecule has 2 heterocycles. The van der Waals surface area contributed by atoms with Gasteiger partial charge >= 0.3 is 0 Å². The van der Waals surface area contributed by atoms with Gasteiger partial charge in [-0.05, 0) is 26.0 Å². The zero-order valence-corrected chi connectivity index (χ0v) is 13.4. The number of halogens is 1. The second-order valence-electron chi connectivity index (χ2n) is 5.43. The quantitative estimate of drug-likeness (QED) is 0.439. The van der Waals surface area contributed by atoms with Crippen molar-refractivity contribution >= 4 is 6.21 Å². The number of hydrogen-bond acceptors (Lipinski definition) is 5. The lowest BCUT2D eigenvalue weighted by Crippen LogP contribution is -2.05. The first kappa shape index (κ1) is 15.7. The molecule has 0 bridgehead atoms. The molecule has 8 heteroatoms. The topological polar surface area (TPSA) is 88.5 Å². The Morgan fingerprint density at radius 1 is 1.21 bits per heavy atom. The highest BCUT2D eigenvalue weighted by Crippen LogP contribution is 2.31. The number of phenols is 1. The number of nitrogens with zero attached hydrogens (tertiary/aromatic N) is 5. The minimum absolute atomic E-state index is 0.170. The SMILES string of the molecule is Cc1nn(-c2ccc(O)cc2F)c(-c2c(C)ncn2C)c1C=NO. The van der Waals surface area contributed by atoms with Crippen molar-refractivity contribution in [1.29, 1.82) is 0 Å². The number of aromatic nitrogens is 4. The van der Waals surface area contributed by atoms with Gasteiger partial charge in [-0.1, -0.05) is 5.16 Å². The van der Waals surface area contributed by atoms with E-state index in [1.165, 1.54) is 23.0 Å². The molecule has 0 saturated carbocycles. The van der Waals surface area contributed by atoms with Gasteiger partial charge in [0.25, 0.3) is 0 Å². The highest BCUT2D eigenvalue weighted by atomic mass is 19.1. The van der Waals surface area contributed by atoms with E-state index in [2.05, 4.69) is 15.2 Å². The smallest absolute Gasteiger partial charge is 0.152 e. The predicted octanol–water partition coefficient (Wildman–Crippen LogP) is 2.54. The highest BCUT2D eigenvalue weighted by Gasteiger charge is 2.23. The lowest BCUT2D eigenvalue weighted by atomic mass is 10.1. The standard InChI is InChI=1S/C16H16FN5O2/c1-9-12(7-19-24)16(15-10(2)18-8-21(15)3)22(20-9)14-5-4-11(23)6-13(14)17/h4-8,23-24H,1-3H3. The molecule has 0 fully saturated rings. The summed E-state index contributed by atoms with van der Waals surface area (Å²) in [4.78, 5) is 4.26. The molecule has 0 aliphatic heterocycles. The average molecular weight is 329 g/mol. The van der Waals surface area contributed by atoms with E-state index in [0.29, 0.717) is 17.0 Å². The maximum atomic E-state index is 14.4. The molecule has 0 aliphatic rings. The monoisotopic (exact) mass is 329 g/mol. The number of oxime groups is 1. The summed E-state index contributed by atoms with van der Waals surface area (Å²) in [6, 6.07) is 3.84. The maximum Gasteiger partial charge on any atom is 0.152 e. The molecule has 124 valence electrons. The summed E-state index contributed by atoms with van der Waals surface area (Å²) < 4.78 is 17.6. The van der Waals surface area contributed by atoms with Crippen LogP contribution in [0.5, 0.6) is 5.75 Å². The fraction of sp³-hybridized carbons (Fsp3) is 0.188. The number of imidazole rings is 1. The Morgan fingerprint density at radius 3 is 2.54 bits per heavy atom. The van der Waals surface area contributed by atoms with E-state index < -0.39 is 5.82 Å². The average Bonchev–Trinajstić information content (AvgIpc) is 3.00. The second kappa shape index (κ2) is 5.80. The molecule has 1 aromatic carbocycles. The van der Waals surface area contributed by atoms with Crippen molar-refractivity contribution in [3.8, 4) is 22.8 Å². The van der Waals surface area contributed by atoms with Crippen molar-refractivity contribution in [3.05, 3.63) is 47.3 Å². The summed E-state index contributed by atoms with van der Waals surface area (Å²) in [6.07, 6.45) is 2.91. The normalized spacial score (nSPS) is 11.5. The van der Waals surface area contributed by atoms with Gasteiger partial charge in [-0.15, -0.1) is 0 Å². The van der Waals surface area contributed by atoms with E-state index in [1.54, 1.807) is 17.8 Å². The van der Waals surface area contributed by atoms with Gasteiger partial charge in [-0.2, -0.15) is 5.10 Å². The van der Waals surface area contributed by atoms with Gasteiger partial charge in [-0.3, -0.25) is 0 Å². The second-order valence-corrected chi connectivity index (χ2v) is 5.43. The molecule has 2 aromatic heterocycles. The van der Waals surface area contributed by atoms with E-state index in [0.717, 1.165) is 17.5 Å². The number of aryl methyl sites for hydroxylation is 3. The molecule has 7 nitrogen and oxygen atoms in total. The molecule has 0 atom stereocenters. The number of rotatable bonds is 3. The Labute approximate surface area is 137 Å². The van der Waals surface area contributed by atoms with Crippen LogP contribution in [0.2, 0.25) is 0 Å². The summed E-state index contributed by atoms with van der Waals surface area (Å²) in [5, 5.41) is 25.9. The first-order valence-corrected chi connectivity index (χ1v) is 7.18. The third kappa shape index (κ3) is 2.41. The Hall–Kier alpha value is -3.16. The molecule has 0 amide bonds. The van der Waals surface area contributed by atoms with Crippen LogP contribution in [0.3, 0.4) is 0 Å². The van der Waals surface area contributed by atoms with Gasteiger partial charge in [0.2, 0.25) is 0 Å². The van der Waals surface area contributed by atoms with Crippen LogP contribution < -0.4 is 0 Å². The van der Waals surface area contributed by atoms with E-state index in [-0.39, 0.29) is 11.4 Å². The zero-order valence-electron chi connectivity index (χ0n) is 13.4. The molecular weight excluding hydrogens is 313 g/mol. The van der Waals surface area contributed by atoms with Crippen molar-refractivity contribution in [2.24, 2.45) is 12.2 Å². The third-order valence-electron chi connectivity index (χ3n) is 3.80. The van der Waals surface area contributed by atoms with Gasteiger partial charge in [0.05, 0.1) is 29.6 Å². The fourth-order valence-electron chi connectivity index (χ4n) is 2.71. The van der Waals surface area contributed by atoms with E-state index in [9.17, 15) is 9.50 Å². The Balaban J connectivity index is 2.37. The molecule has 24 heavy (non-hydrogen) atoms. The van der Waals surface area contributed by atoms with Crippen LogP contribution in [0.15, 0.2) is 29.7 Å². The Morgan fingerprint density at radius 2 is 1.96 bits per heavy atom. The maximum absolute atomic E-state index is 14.4. The van der Waals surface area contributed by atoms with Crippen LogP contribution in [0.1, 0.15) is 17.0 Å². The lowest BCUT2D eigenvalue weighted by molar-refractivity contribution is 0.322. The summed E-state index contributed by atoms with van der Waals surface area (Å²) in [7, 11) is 1.81. The van der Waals surface area contributed by atoms with Crippen LogP contribution in [0.4, 0.5) is 4.39 Å². The van der Waals surface area contributed by atoms with Crippen molar-refractivity contribution in [3.63, 3.8) is 0 Å². The molecule has 0 unspecified atom stereocenters. The molecule has 0 radical (unpaired) electrons. The van der Waals surface area contributed by atoms with E-state index >= 15 is 0 Å². The van der Waals surface area contributed by atoms with Gasteiger partial charge in [0, 0.05) is 18.7 Å². The largest absolute Gasteiger partial charge is 0.508 e. The van der Waals surface area contributed by atoms with Gasteiger partial charge in [0.15, 0.2) is 5.82 Å². The Bertz CT molecular complexity index is 923. The van der Waals surface area contributed by atoms with E-state index in [4.69, 9.17) is 5.21 Å². The molecule has 0 spiro atoms. The first-order chi connectivity index (χ1) is 11.4. The molecule has 3 rings (SSSR count). The van der Waals surface area contributed by atoms with Gasteiger partial charge in [-0.25, -0.2) is 14.1 Å². The Kier molecular flexibility index (Phi) is 3.80. The van der Waals surface area contributed by atoms with Crippen LogP contribution in [-0.4, -0.2) is 35.9 Å². The van der Waals surface area contributed by atoms with Gasteiger partial charge < -0.3 is 14.9 Å². The minimum Gasteiger partial charge on any atom is -0.508 e. The first-order valence-electron chi connectivity index (χ1n) is 7.18. The number of aromatic hydroxyl groups is 1. The van der Waals surface area contributed by atoms with Crippen molar-refractivity contribution in [1.82, 2.24) is 19.3 Å². The number of hydrogen-bond donors (Lipinski definition) is 2. The minimum atomic E-state index is -0.619. The highest BCUT2D eigenvalue weighted by molar-refractivity contribution is 5.90. The van der Waals surface area contributed by atoms with Crippen molar-refractivity contribution in [2.45, 2.75) is 13.8 Å². The number of phenolic OH excluding ortho intramolecular Hbond substituents is 1. The summed E-state index contributed by atoms with van der Waals surface area (Å²) >= 11 is 0. The van der Waals surface area contributed by atoms with Crippen LogP contribution >= 0.6 is 0 Å². The van der Waals surface area contributed by atoms with Crippen LogP contribution in [0.25, 0.3) is 17.1 Å². The van der Waals surface area contributed by atoms with Crippen molar-refractivity contribution < 1.29 is 14.7 Å². The summed E-state index contributed by atoms with van der Waals surface area (Å²) in [6.45, 7) is 3.57. The molecule has 0 saturated heterocycles. The molecule has 0 aliphatic carbocycles.